The first-order chi connectivity index (χ1) is 18.9. The van der Waals surface area contributed by atoms with Gasteiger partial charge in [0.25, 0.3) is 0 Å². The van der Waals surface area contributed by atoms with E-state index < -0.39 is 11.2 Å². The SMILES string of the molecule is CCOC(=O)c1ccc(N=C2SC(C(=O)Nc3ccccc3Cl)CC(=O)N2Cc2ccc3c(c2)OCO3)cc1. The Morgan fingerprint density at radius 2 is 1.87 bits per heavy atom. The van der Waals surface area contributed by atoms with E-state index in [4.69, 9.17) is 30.8 Å². The third-order valence-electron chi connectivity index (χ3n) is 5.94. The van der Waals surface area contributed by atoms with Crippen molar-refractivity contribution in [2.45, 2.75) is 25.1 Å². The van der Waals surface area contributed by atoms with Crippen molar-refractivity contribution in [2.75, 3.05) is 18.7 Å². The van der Waals surface area contributed by atoms with E-state index in [0.717, 1.165) is 5.56 Å². The van der Waals surface area contributed by atoms with Crippen LogP contribution in [-0.2, 0) is 20.9 Å². The maximum atomic E-state index is 13.4. The van der Waals surface area contributed by atoms with Gasteiger partial charge >= 0.3 is 5.97 Å². The van der Waals surface area contributed by atoms with Gasteiger partial charge < -0.3 is 19.5 Å². The van der Waals surface area contributed by atoms with Gasteiger partial charge in [-0.1, -0.05) is 41.6 Å². The Labute approximate surface area is 234 Å². The topological polar surface area (TPSA) is 107 Å². The minimum atomic E-state index is -0.723. The van der Waals surface area contributed by atoms with E-state index in [1.165, 1.54) is 11.8 Å². The quantitative estimate of drug-likeness (QED) is 0.382. The highest BCUT2D eigenvalue weighted by Gasteiger charge is 2.36. The Bertz CT molecular complexity index is 1450. The zero-order chi connectivity index (χ0) is 27.4. The molecule has 1 N–H and O–H groups in total. The molecule has 0 aromatic heterocycles. The van der Waals surface area contributed by atoms with Gasteiger partial charge in [-0.25, -0.2) is 9.79 Å². The number of aliphatic imine (C=N–C) groups is 1. The molecule has 1 atom stereocenters. The predicted octanol–water partition coefficient (Wildman–Crippen LogP) is 5.41. The molecule has 5 rings (SSSR count). The number of para-hydroxylation sites is 1. The summed E-state index contributed by atoms with van der Waals surface area (Å²) >= 11 is 7.39. The molecular weight excluding hydrogens is 542 g/mol. The Hall–Kier alpha value is -4.02. The van der Waals surface area contributed by atoms with Crippen LogP contribution in [0.15, 0.2) is 71.7 Å². The average molecular weight is 566 g/mol. The molecule has 11 heteroatoms. The molecule has 2 aliphatic heterocycles. The van der Waals surface area contributed by atoms with Crippen LogP contribution in [0.3, 0.4) is 0 Å². The molecule has 39 heavy (non-hydrogen) atoms. The van der Waals surface area contributed by atoms with Crippen LogP contribution in [0.2, 0.25) is 5.02 Å². The van der Waals surface area contributed by atoms with E-state index in [2.05, 4.69) is 5.32 Å². The zero-order valence-corrected chi connectivity index (χ0v) is 22.5. The van der Waals surface area contributed by atoms with Gasteiger partial charge in [-0.15, -0.1) is 0 Å². The van der Waals surface area contributed by atoms with Gasteiger partial charge in [0.05, 0.1) is 35.1 Å². The Kier molecular flexibility index (Phi) is 8.04. The number of amides is 2. The number of rotatable bonds is 7. The Morgan fingerprint density at radius 3 is 2.64 bits per heavy atom. The summed E-state index contributed by atoms with van der Waals surface area (Å²) in [5.41, 5.74) is 2.19. The molecular formula is C28H24ClN3O6S. The summed E-state index contributed by atoms with van der Waals surface area (Å²) in [5.74, 6) is 0.210. The lowest BCUT2D eigenvalue weighted by atomic mass is 10.1. The molecule has 9 nitrogen and oxygen atoms in total. The fourth-order valence-electron chi connectivity index (χ4n) is 3.99. The van der Waals surface area contributed by atoms with Crippen molar-refractivity contribution in [3.8, 4) is 11.5 Å². The highest BCUT2D eigenvalue weighted by molar-refractivity contribution is 8.15. The number of halogens is 1. The lowest BCUT2D eigenvalue weighted by Gasteiger charge is -2.32. The minimum Gasteiger partial charge on any atom is -0.462 e. The second-order valence-corrected chi connectivity index (χ2v) is 10.2. The summed E-state index contributed by atoms with van der Waals surface area (Å²) in [7, 11) is 0. The van der Waals surface area contributed by atoms with E-state index in [0.29, 0.717) is 38.6 Å². The Morgan fingerprint density at radius 1 is 1.10 bits per heavy atom. The normalized spacial score (nSPS) is 17.3. The predicted molar refractivity (Wildman–Crippen MR) is 149 cm³/mol. The van der Waals surface area contributed by atoms with Crippen molar-refractivity contribution in [3.05, 3.63) is 82.9 Å². The third kappa shape index (κ3) is 6.18. The summed E-state index contributed by atoms with van der Waals surface area (Å²) < 4.78 is 15.9. The molecule has 2 amide bonds. The molecule has 1 unspecified atom stereocenters. The molecule has 0 bridgehead atoms. The van der Waals surface area contributed by atoms with Crippen LogP contribution in [0.1, 0.15) is 29.3 Å². The number of carbonyl (C=O) groups is 3. The monoisotopic (exact) mass is 565 g/mol. The molecule has 0 aliphatic carbocycles. The summed E-state index contributed by atoms with van der Waals surface area (Å²) in [4.78, 5) is 44.8. The van der Waals surface area contributed by atoms with Crippen molar-refractivity contribution in [3.63, 3.8) is 0 Å². The summed E-state index contributed by atoms with van der Waals surface area (Å²) in [6.45, 7) is 2.38. The first-order valence-corrected chi connectivity index (χ1v) is 13.4. The van der Waals surface area contributed by atoms with Crippen LogP contribution in [0.5, 0.6) is 11.5 Å². The second-order valence-electron chi connectivity index (χ2n) is 8.61. The molecule has 200 valence electrons. The Balaban J connectivity index is 1.41. The zero-order valence-electron chi connectivity index (χ0n) is 20.9. The average Bonchev–Trinajstić information content (AvgIpc) is 3.40. The van der Waals surface area contributed by atoms with E-state index in [-0.39, 0.29) is 38.2 Å². The molecule has 3 aromatic rings. The number of ether oxygens (including phenoxy) is 3. The highest BCUT2D eigenvalue weighted by Crippen LogP contribution is 2.35. The number of hydrogen-bond donors (Lipinski definition) is 1. The number of amidine groups is 1. The van der Waals surface area contributed by atoms with E-state index in [9.17, 15) is 14.4 Å². The summed E-state index contributed by atoms with van der Waals surface area (Å²) in [6.07, 6.45) is -0.0215. The van der Waals surface area contributed by atoms with Crippen molar-refractivity contribution in [1.29, 1.82) is 0 Å². The van der Waals surface area contributed by atoms with Gasteiger partial charge in [0.2, 0.25) is 18.6 Å². The molecule has 0 radical (unpaired) electrons. The van der Waals surface area contributed by atoms with Crippen LogP contribution in [-0.4, -0.2) is 46.5 Å². The first-order valence-electron chi connectivity index (χ1n) is 12.2. The minimum absolute atomic E-state index is 0.0215. The maximum Gasteiger partial charge on any atom is 0.338 e. The number of anilines is 1. The standard InChI is InChI=1S/C28H24ClN3O6S/c1-2-36-27(35)18-8-10-19(11-9-18)30-28-32(15-17-7-12-22-23(13-17)38-16-37-22)25(33)14-24(39-28)26(34)31-21-6-4-3-5-20(21)29/h3-13,24H,2,14-16H2,1H3,(H,31,34). The lowest BCUT2D eigenvalue weighted by Crippen LogP contribution is -2.44. The molecule has 2 heterocycles. The van der Waals surface area contributed by atoms with E-state index >= 15 is 0 Å². The summed E-state index contributed by atoms with van der Waals surface area (Å²) in [5, 5.41) is 2.84. The van der Waals surface area contributed by atoms with Gasteiger partial charge in [-0.2, -0.15) is 0 Å². The van der Waals surface area contributed by atoms with Crippen molar-refractivity contribution < 1.29 is 28.6 Å². The number of thioether (sulfide) groups is 1. The number of nitrogens with zero attached hydrogens (tertiary/aromatic N) is 2. The number of benzene rings is 3. The fourth-order valence-corrected chi connectivity index (χ4v) is 5.27. The lowest BCUT2D eigenvalue weighted by molar-refractivity contribution is -0.129. The summed E-state index contributed by atoms with van der Waals surface area (Å²) in [6, 6.07) is 18.9. The number of esters is 1. The van der Waals surface area contributed by atoms with Gasteiger partial charge in [0, 0.05) is 6.42 Å². The first kappa shape index (κ1) is 26.6. The van der Waals surface area contributed by atoms with Crippen LogP contribution in [0.25, 0.3) is 0 Å². The third-order valence-corrected chi connectivity index (χ3v) is 7.46. The van der Waals surface area contributed by atoms with E-state index in [1.54, 1.807) is 66.4 Å². The van der Waals surface area contributed by atoms with Crippen LogP contribution in [0, 0.1) is 0 Å². The second kappa shape index (κ2) is 11.8. The number of fused-ring (bicyclic) bond motifs is 1. The van der Waals surface area contributed by atoms with Gasteiger partial charge in [-0.3, -0.25) is 14.5 Å². The van der Waals surface area contributed by atoms with Gasteiger partial charge in [0.1, 0.15) is 5.25 Å². The molecule has 3 aromatic carbocycles. The van der Waals surface area contributed by atoms with Crippen molar-refractivity contribution >= 4 is 57.7 Å². The highest BCUT2D eigenvalue weighted by atomic mass is 35.5. The van der Waals surface area contributed by atoms with Crippen molar-refractivity contribution in [2.24, 2.45) is 4.99 Å². The number of hydrogen-bond acceptors (Lipinski definition) is 8. The smallest absolute Gasteiger partial charge is 0.338 e. The van der Waals surface area contributed by atoms with Gasteiger partial charge in [0.15, 0.2) is 16.7 Å². The number of nitrogens with one attached hydrogen (secondary N) is 1. The van der Waals surface area contributed by atoms with Crippen LogP contribution < -0.4 is 14.8 Å². The van der Waals surface area contributed by atoms with E-state index in [1.807, 2.05) is 12.1 Å². The van der Waals surface area contributed by atoms with Crippen LogP contribution in [0.4, 0.5) is 11.4 Å². The molecule has 1 fully saturated rings. The molecule has 0 spiro atoms. The van der Waals surface area contributed by atoms with Gasteiger partial charge in [-0.05, 0) is 61.0 Å². The largest absolute Gasteiger partial charge is 0.462 e. The maximum absolute atomic E-state index is 13.4. The fraction of sp³-hybridized carbons (Fsp3) is 0.214. The molecule has 0 saturated carbocycles. The number of carbonyl (C=O) groups excluding carboxylic acids is 3. The van der Waals surface area contributed by atoms with Crippen LogP contribution >= 0.6 is 23.4 Å². The molecule has 2 aliphatic rings. The van der Waals surface area contributed by atoms with Crippen molar-refractivity contribution in [1.82, 2.24) is 4.90 Å². The molecule has 1 saturated heterocycles.